The van der Waals surface area contributed by atoms with Gasteiger partial charge in [-0.25, -0.2) is 4.79 Å². The highest BCUT2D eigenvalue weighted by Crippen LogP contribution is 2.06. The Morgan fingerprint density at radius 3 is 2.12 bits per heavy atom. The van der Waals surface area contributed by atoms with E-state index in [2.05, 4.69) is 0 Å². The van der Waals surface area contributed by atoms with Crippen LogP contribution in [-0.4, -0.2) is 73.5 Å². The molecule has 0 aromatic carbocycles. The standard InChI is InChI=1S/C11H22N4O2/c1-13(2)11(17)15-8-6-14(7-9-15)10(16)4-3-5-12/h3-9,12H2,1-2H3. The highest BCUT2D eigenvalue weighted by atomic mass is 16.2. The average Bonchev–Trinajstić information content (AvgIpc) is 2.35. The largest absolute Gasteiger partial charge is 0.339 e. The van der Waals surface area contributed by atoms with Gasteiger partial charge in [0.1, 0.15) is 0 Å². The monoisotopic (exact) mass is 242 g/mol. The first-order chi connectivity index (χ1) is 8.06. The van der Waals surface area contributed by atoms with Gasteiger partial charge < -0.3 is 20.4 Å². The number of nitrogens with two attached hydrogens (primary N) is 1. The smallest absolute Gasteiger partial charge is 0.319 e. The Hall–Kier alpha value is -1.30. The van der Waals surface area contributed by atoms with Crippen LogP contribution in [0.2, 0.25) is 0 Å². The van der Waals surface area contributed by atoms with E-state index in [9.17, 15) is 9.59 Å². The Balaban J connectivity index is 2.35. The molecule has 0 atom stereocenters. The van der Waals surface area contributed by atoms with E-state index in [1.54, 1.807) is 23.9 Å². The first-order valence-corrected chi connectivity index (χ1v) is 6.00. The molecule has 1 rings (SSSR count). The molecule has 0 aromatic rings. The van der Waals surface area contributed by atoms with Crippen molar-refractivity contribution in [2.45, 2.75) is 12.8 Å². The number of carbonyl (C=O) groups excluding carboxylic acids is 2. The highest BCUT2D eigenvalue weighted by molar-refractivity contribution is 5.77. The molecule has 17 heavy (non-hydrogen) atoms. The number of amides is 3. The summed E-state index contributed by atoms with van der Waals surface area (Å²) in [5.74, 6) is 0.146. The minimum absolute atomic E-state index is 0.0130. The molecule has 0 aromatic heterocycles. The van der Waals surface area contributed by atoms with Crippen molar-refractivity contribution in [3.05, 3.63) is 0 Å². The molecule has 98 valence electrons. The van der Waals surface area contributed by atoms with Crippen LogP contribution in [0.25, 0.3) is 0 Å². The van der Waals surface area contributed by atoms with E-state index in [0.29, 0.717) is 39.1 Å². The zero-order valence-electron chi connectivity index (χ0n) is 10.7. The molecule has 0 radical (unpaired) electrons. The summed E-state index contributed by atoms with van der Waals surface area (Å²) in [6, 6.07) is 0.0130. The van der Waals surface area contributed by atoms with E-state index >= 15 is 0 Å². The minimum atomic E-state index is 0.0130. The van der Waals surface area contributed by atoms with Crippen LogP contribution < -0.4 is 5.73 Å². The second-order valence-corrected chi connectivity index (χ2v) is 4.44. The van der Waals surface area contributed by atoms with Gasteiger partial charge >= 0.3 is 6.03 Å². The van der Waals surface area contributed by atoms with Crippen LogP contribution in [0.3, 0.4) is 0 Å². The Labute approximate surface area is 102 Å². The molecular weight excluding hydrogens is 220 g/mol. The Kier molecular flexibility index (Phi) is 5.21. The molecule has 0 bridgehead atoms. The molecule has 1 aliphatic heterocycles. The summed E-state index contributed by atoms with van der Waals surface area (Å²) in [6.45, 7) is 3.04. The summed E-state index contributed by atoms with van der Waals surface area (Å²) in [6.07, 6.45) is 1.24. The number of piperazine rings is 1. The first-order valence-electron chi connectivity index (χ1n) is 6.00. The summed E-state index contributed by atoms with van der Waals surface area (Å²) in [5, 5.41) is 0. The molecule has 0 spiro atoms. The van der Waals surface area contributed by atoms with Crippen LogP contribution in [0.1, 0.15) is 12.8 Å². The van der Waals surface area contributed by atoms with E-state index in [1.165, 1.54) is 0 Å². The number of rotatable bonds is 3. The fraction of sp³-hybridized carbons (Fsp3) is 0.818. The van der Waals surface area contributed by atoms with Crippen molar-refractivity contribution in [2.24, 2.45) is 5.73 Å². The summed E-state index contributed by atoms with van der Waals surface area (Å²) in [4.78, 5) is 28.5. The Morgan fingerprint density at radius 2 is 1.65 bits per heavy atom. The van der Waals surface area contributed by atoms with Crippen LogP contribution in [0.4, 0.5) is 4.79 Å². The van der Waals surface area contributed by atoms with Gasteiger partial charge in [-0.15, -0.1) is 0 Å². The van der Waals surface area contributed by atoms with Crippen LogP contribution >= 0.6 is 0 Å². The molecule has 1 saturated heterocycles. The molecule has 1 aliphatic rings. The normalized spacial score (nSPS) is 15.9. The zero-order chi connectivity index (χ0) is 12.8. The van der Waals surface area contributed by atoms with Gasteiger partial charge in [0.15, 0.2) is 0 Å². The van der Waals surface area contributed by atoms with Crippen LogP contribution in [0.5, 0.6) is 0 Å². The first kappa shape index (κ1) is 13.8. The lowest BCUT2D eigenvalue weighted by Gasteiger charge is -2.36. The molecule has 2 N–H and O–H groups in total. The summed E-state index contributed by atoms with van der Waals surface area (Å²) in [7, 11) is 3.47. The second kappa shape index (κ2) is 6.44. The molecule has 6 heteroatoms. The lowest BCUT2D eigenvalue weighted by Crippen LogP contribution is -2.52. The Bertz CT molecular complexity index is 273. The quantitative estimate of drug-likeness (QED) is 0.729. The zero-order valence-corrected chi connectivity index (χ0v) is 10.7. The fourth-order valence-electron chi connectivity index (χ4n) is 1.84. The van der Waals surface area contributed by atoms with Gasteiger partial charge in [-0.2, -0.15) is 0 Å². The van der Waals surface area contributed by atoms with Crippen molar-refractivity contribution in [3.63, 3.8) is 0 Å². The number of nitrogens with zero attached hydrogens (tertiary/aromatic N) is 3. The van der Waals surface area contributed by atoms with Gasteiger partial charge in [0.25, 0.3) is 0 Å². The van der Waals surface area contributed by atoms with E-state index in [4.69, 9.17) is 5.73 Å². The van der Waals surface area contributed by atoms with Gasteiger partial charge in [-0.3, -0.25) is 4.79 Å². The van der Waals surface area contributed by atoms with Crippen LogP contribution in [0, 0.1) is 0 Å². The van der Waals surface area contributed by atoms with Crippen molar-refractivity contribution in [2.75, 3.05) is 46.8 Å². The van der Waals surface area contributed by atoms with E-state index < -0.39 is 0 Å². The third-order valence-electron chi connectivity index (χ3n) is 2.88. The van der Waals surface area contributed by atoms with Crippen LogP contribution in [0.15, 0.2) is 0 Å². The molecule has 0 unspecified atom stereocenters. The molecule has 1 fully saturated rings. The molecular formula is C11H22N4O2. The summed E-state index contributed by atoms with van der Waals surface area (Å²) in [5.41, 5.74) is 5.37. The molecule has 0 aliphatic carbocycles. The topological polar surface area (TPSA) is 69.9 Å². The molecule has 1 heterocycles. The third-order valence-corrected chi connectivity index (χ3v) is 2.88. The fourth-order valence-corrected chi connectivity index (χ4v) is 1.84. The molecule has 6 nitrogen and oxygen atoms in total. The number of hydrogen-bond acceptors (Lipinski definition) is 3. The minimum Gasteiger partial charge on any atom is -0.339 e. The Morgan fingerprint density at radius 1 is 1.12 bits per heavy atom. The summed E-state index contributed by atoms with van der Waals surface area (Å²) >= 11 is 0. The van der Waals surface area contributed by atoms with Gasteiger partial charge in [0.2, 0.25) is 5.91 Å². The van der Waals surface area contributed by atoms with Crippen molar-refractivity contribution in [1.82, 2.24) is 14.7 Å². The van der Waals surface area contributed by atoms with Crippen molar-refractivity contribution in [3.8, 4) is 0 Å². The molecule has 0 saturated carbocycles. The predicted molar refractivity (Wildman–Crippen MR) is 65.5 cm³/mol. The van der Waals surface area contributed by atoms with Gasteiger partial charge in [-0.1, -0.05) is 0 Å². The van der Waals surface area contributed by atoms with E-state index in [1.807, 2.05) is 4.90 Å². The third kappa shape index (κ3) is 3.89. The van der Waals surface area contributed by atoms with Crippen molar-refractivity contribution >= 4 is 11.9 Å². The van der Waals surface area contributed by atoms with E-state index in [0.717, 1.165) is 6.42 Å². The van der Waals surface area contributed by atoms with Crippen molar-refractivity contribution < 1.29 is 9.59 Å². The van der Waals surface area contributed by atoms with Crippen LogP contribution in [-0.2, 0) is 4.79 Å². The second-order valence-electron chi connectivity index (χ2n) is 4.44. The maximum absolute atomic E-state index is 11.7. The van der Waals surface area contributed by atoms with Gasteiger partial charge in [-0.05, 0) is 13.0 Å². The van der Waals surface area contributed by atoms with Gasteiger partial charge in [0, 0.05) is 46.7 Å². The number of carbonyl (C=O) groups is 2. The van der Waals surface area contributed by atoms with Crippen molar-refractivity contribution in [1.29, 1.82) is 0 Å². The van der Waals surface area contributed by atoms with E-state index in [-0.39, 0.29) is 11.9 Å². The number of hydrogen-bond donors (Lipinski definition) is 1. The SMILES string of the molecule is CN(C)C(=O)N1CCN(C(=O)CCCN)CC1. The lowest BCUT2D eigenvalue weighted by atomic mass is 10.2. The van der Waals surface area contributed by atoms with Gasteiger partial charge in [0.05, 0.1) is 0 Å². The maximum atomic E-state index is 11.7. The lowest BCUT2D eigenvalue weighted by molar-refractivity contribution is -0.132. The maximum Gasteiger partial charge on any atom is 0.319 e. The average molecular weight is 242 g/mol. The molecule has 3 amide bonds. The summed E-state index contributed by atoms with van der Waals surface area (Å²) < 4.78 is 0. The number of urea groups is 1. The predicted octanol–water partition coefficient (Wildman–Crippen LogP) is -0.449. The highest BCUT2D eigenvalue weighted by Gasteiger charge is 2.24.